The average molecular weight is 339 g/mol. The highest BCUT2D eigenvalue weighted by Crippen LogP contribution is 2.14. The molecule has 0 bridgehead atoms. The lowest BCUT2D eigenvalue weighted by atomic mass is 10.1. The number of rotatable bonds is 5. The van der Waals surface area contributed by atoms with Gasteiger partial charge in [0.1, 0.15) is 5.76 Å². The van der Waals surface area contributed by atoms with Gasteiger partial charge in [-0.3, -0.25) is 9.59 Å². The van der Waals surface area contributed by atoms with Gasteiger partial charge in [0.05, 0.1) is 17.8 Å². The number of hydrogen-bond acceptors (Lipinski definition) is 4. The molecule has 1 heterocycles. The Morgan fingerprint density at radius 2 is 2.00 bits per heavy atom. The van der Waals surface area contributed by atoms with E-state index in [2.05, 4.69) is 27.6 Å². The summed E-state index contributed by atoms with van der Waals surface area (Å²) in [6.07, 6.45) is 0.930. The lowest BCUT2D eigenvalue weighted by Crippen LogP contribution is -2.24. The minimum Gasteiger partial charge on any atom is -0.361 e. The van der Waals surface area contributed by atoms with E-state index in [1.54, 1.807) is 25.2 Å². The maximum absolute atomic E-state index is 11.9. The van der Waals surface area contributed by atoms with Crippen LogP contribution in [0.4, 0.5) is 0 Å². The molecule has 2 aromatic rings. The van der Waals surface area contributed by atoms with Crippen molar-refractivity contribution in [2.45, 2.75) is 26.7 Å². The van der Waals surface area contributed by atoms with E-state index < -0.39 is 0 Å². The molecule has 0 aliphatic heterocycles. The number of carbonyl (C=O) groups is 2. The van der Waals surface area contributed by atoms with Gasteiger partial charge in [-0.25, -0.2) is 0 Å². The zero-order chi connectivity index (χ0) is 18.2. The molecule has 6 heteroatoms. The van der Waals surface area contributed by atoms with Gasteiger partial charge in [-0.15, -0.1) is 0 Å². The van der Waals surface area contributed by atoms with Gasteiger partial charge in [0.25, 0.3) is 5.91 Å². The van der Waals surface area contributed by atoms with Gasteiger partial charge >= 0.3 is 0 Å². The van der Waals surface area contributed by atoms with Crippen LogP contribution in [0.25, 0.3) is 0 Å². The van der Waals surface area contributed by atoms with E-state index >= 15 is 0 Å². The molecule has 2 amide bonds. The number of hydrogen-bond donors (Lipinski definition) is 2. The van der Waals surface area contributed by atoms with Crippen LogP contribution in [0.15, 0.2) is 28.8 Å². The summed E-state index contributed by atoms with van der Waals surface area (Å²) in [6.45, 7) is 3.92. The largest absolute Gasteiger partial charge is 0.361 e. The second kappa shape index (κ2) is 8.69. The fraction of sp³-hybridized carbons (Fsp3) is 0.316. The lowest BCUT2D eigenvalue weighted by Gasteiger charge is -2.03. The third-order valence-electron chi connectivity index (χ3n) is 3.78. The molecule has 25 heavy (non-hydrogen) atoms. The summed E-state index contributed by atoms with van der Waals surface area (Å²) in [5, 5.41) is 9.20. The normalized spacial score (nSPS) is 9.88. The maximum Gasteiger partial charge on any atom is 0.252 e. The molecule has 0 fully saturated rings. The number of aryl methyl sites for hydroxylation is 2. The molecule has 0 saturated heterocycles. The minimum atomic E-state index is -0.187. The highest BCUT2D eigenvalue weighted by molar-refractivity contribution is 5.96. The maximum atomic E-state index is 11.9. The topological polar surface area (TPSA) is 84.2 Å². The van der Waals surface area contributed by atoms with Crippen LogP contribution in [0, 0.1) is 25.7 Å². The van der Waals surface area contributed by atoms with E-state index in [4.69, 9.17) is 4.52 Å². The Balaban J connectivity index is 1.86. The van der Waals surface area contributed by atoms with Crippen LogP contribution in [0.1, 0.15) is 39.4 Å². The molecular weight excluding hydrogens is 318 g/mol. The Morgan fingerprint density at radius 1 is 1.24 bits per heavy atom. The van der Waals surface area contributed by atoms with Crippen molar-refractivity contribution in [2.75, 3.05) is 13.6 Å². The molecule has 6 nitrogen and oxygen atoms in total. The van der Waals surface area contributed by atoms with Gasteiger partial charge < -0.3 is 15.2 Å². The molecule has 1 aromatic heterocycles. The van der Waals surface area contributed by atoms with Crippen LogP contribution < -0.4 is 10.6 Å². The number of benzene rings is 1. The first-order valence-electron chi connectivity index (χ1n) is 8.01. The molecule has 0 atom stereocenters. The molecule has 0 radical (unpaired) electrons. The number of amides is 2. The number of aromatic nitrogens is 1. The Kier molecular flexibility index (Phi) is 6.35. The van der Waals surface area contributed by atoms with Crippen LogP contribution in [-0.2, 0) is 11.2 Å². The first-order valence-corrected chi connectivity index (χ1v) is 8.01. The van der Waals surface area contributed by atoms with Gasteiger partial charge in [-0.2, -0.15) is 0 Å². The second-order valence-corrected chi connectivity index (χ2v) is 5.51. The number of nitrogens with zero attached hydrogens (tertiary/aromatic N) is 1. The molecule has 0 spiro atoms. The summed E-state index contributed by atoms with van der Waals surface area (Å²) in [5.41, 5.74) is 2.94. The molecule has 0 unspecified atom stereocenters. The van der Waals surface area contributed by atoms with Crippen LogP contribution >= 0.6 is 0 Å². The van der Waals surface area contributed by atoms with Crippen LogP contribution in [0.2, 0.25) is 0 Å². The Bertz CT molecular complexity index is 808. The van der Waals surface area contributed by atoms with Gasteiger partial charge in [-0.05, 0) is 32.4 Å². The molecule has 2 rings (SSSR count). The van der Waals surface area contributed by atoms with Crippen molar-refractivity contribution in [3.63, 3.8) is 0 Å². The summed E-state index contributed by atoms with van der Waals surface area (Å²) >= 11 is 0. The third kappa shape index (κ3) is 4.95. The van der Waals surface area contributed by atoms with Crippen molar-refractivity contribution < 1.29 is 14.1 Å². The van der Waals surface area contributed by atoms with Crippen molar-refractivity contribution in [3.8, 4) is 11.8 Å². The molecule has 1 aromatic carbocycles. The average Bonchev–Trinajstić information content (AvgIpc) is 2.94. The highest BCUT2D eigenvalue weighted by atomic mass is 16.5. The summed E-state index contributed by atoms with van der Waals surface area (Å²) in [7, 11) is 1.58. The quantitative estimate of drug-likeness (QED) is 0.813. The SMILES string of the molecule is CNC(=O)c1ccccc1C#CCNC(=O)CCc1c(C)noc1C. The Morgan fingerprint density at radius 3 is 2.68 bits per heavy atom. The van der Waals surface area contributed by atoms with E-state index in [9.17, 15) is 9.59 Å². The monoisotopic (exact) mass is 339 g/mol. The summed E-state index contributed by atoms with van der Waals surface area (Å²) in [4.78, 5) is 23.7. The molecule has 0 saturated carbocycles. The van der Waals surface area contributed by atoms with E-state index in [0.717, 1.165) is 17.0 Å². The zero-order valence-corrected chi connectivity index (χ0v) is 14.6. The number of carbonyl (C=O) groups excluding carboxylic acids is 2. The Hall–Kier alpha value is -3.07. The lowest BCUT2D eigenvalue weighted by molar-refractivity contribution is -0.120. The molecule has 2 N–H and O–H groups in total. The molecule has 0 aliphatic carbocycles. The van der Waals surface area contributed by atoms with Crippen molar-refractivity contribution in [3.05, 3.63) is 52.4 Å². The van der Waals surface area contributed by atoms with Crippen molar-refractivity contribution in [2.24, 2.45) is 0 Å². The van der Waals surface area contributed by atoms with Crippen molar-refractivity contribution in [1.82, 2.24) is 15.8 Å². The van der Waals surface area contributed by atoms with E-state index in [-0.39, 0.29) is 18.4 Å². The summed E-state index contributed by atoms with van der Waals surface area (Å²) < 4.78 is 5.08. The van der Waals surface area contributed by atoms with E-state index in [0.29, 0.717) is 24.0 Å². The summed E-state index contributed by atoms with van der Waals surface area (Å²) in [5.74, 6) is 6.27. The van der Waals surface area contributed by atoms with Gasteiger partial charge in [0.15, 0.2) is 0 Å². The second-order valence-electron chi connectivity index (χ2n) is 5.51. The molecule has 130 valence electrons. The fourth-order valence-corrected chi connectivity index (χ4v) is 2.39. The summed E-state index contributed by atoms with van der Waals surface area (Å²) in [6, 6.07) is 7.09. The predicted molar refractivity (Wildman–Crippen MR) is 94.0 cm³/mol. The van der Waals surface area contributed by atoms with Gasteiger partial charge in [-0.1, -0.05) is 29.1 Å². The predicted octanol–water partition coefficient (Wildman–Crippen LogP) is 1.75. The van der Waals surface area contributed by atoms with E-state index in [1.165, 1.54) is 0 Å². The zero-order valence-electron chi connectivity index (χ0n) is 14.6. The first-order chi connectivity index (χ1) is 12.0. The van der Waals surface area contributed by atoms with Crippen molar-refractivity contribution >= 4 is 11.8 Å². The Labute approximate surface area is 147 Å². The molecule has 0 aliphatic rings. The third-order valence-corrected chi connectivity index (χ3v) is 3.78. The van der Waals surface area contributed by atoms with Crippen LogP contribution in [-0.4, -0.2) is 30.6 Å². The number of nitrogens with one attached hydrogen (secondary N) is 2. The van der Waals surface area contributed by atoms with Gasteiger partial charge in [0, 0.05) is 24.6 Å². The van der Waals surface area contributed by atoms with Crippen LogP contribution in [0.5, 0.6) is 0 Å². The van der Waals surface area contributed by atoms with Crippen molar-refractivity contribution in [1.29, 1.82) is 0 Å². The van der Waals surface area contributed by atoms with E-state index in [1.807, 2.05) is 19.9 Å². The standard InChI is InChI=1S/C19H21N3O3/c1-13-16(14(2)25-22-13)10-11-18(23)21-12-6-8-15-7-4-5-9-17(15)19(24)20-3/h4-5,7,9H,10-12H2,1-3H3,(H,20,24)(H,21,23). The van der Waals surface area contributed by atoms with Gasteiger partial charge in [0.2, 0.25) is 5.91 Å². The molecular formula is C19H21N3O3. The minimum absolute atomic E-state index is 0.0890. The highest BCUT2D eigenvalue weighted by Gasteiger charge is 2.10. The fourth-order valence-electron chi connectivity index (χ4n) is 2.39. The smallest absolute Gasteiger partial charge is 0.252 e. The first kappa shape index (κ1) is 18.3. The van der Waals surface area contributed by atoms with Crippen LogP contribution in [0.3, 0.4) is 0 Å².